The molecule has 0 atom stereocenters. The Labute approximate surface area is 141 Å². The Bertz CT molecular complexity index is 811. The van der Waals surface area contributed by atoms with Gasteiger partial charge in [0.1, 0.15) is 6.54 Å². The average molecular weight is 320 g/mol. The van der Waals surface area contributed by atoms with E-state index in [4.69, 9.17) is 0 Å². The quantitative estimate of drug-likeness (QED) is 0.872. The van der Waals surface area contributed by atoms with Gasteiger partial charge in [0.15, 0.2) is 0 Å². The fraction of sp³-hybridized carbons (Fsp3) is 0.300. The van der Waals surface area contributed by atoms with Gasteiger partial charge in [-0.1, -0.05) is 36.4 Å². The van der Waals surface area contributed by atoms with E-state index in [0.29, 0.717) is 12.5 Å². The molecule has 4 rings (SSSR count). The number of rotatable bonds is 3. The molecule has 1 saturated carbocycles. The van der Waals surface area contributed by atoms with Crippen molar-refractivity contribution in [1.82, 2.24) is 0 Å². The van der Waals surface area contributed by atoms with Gasteiger partial charge in [-0.3, -0.25) is 9.59 Å². The molecule has 24 heavy (non-hydrogen) atoms. The van der Waals surface area contributed by atoms with Gasteiger partial charge in [-0.2, -0.15) is 0 Å². The number of benzene rings is 2. The largest absolute Gasteiger partial charge is 0.306 e. The number of aryl methyl sites for hydroxylation is 1. The summed E-state index contributed by atoms with van der Waals surface area (Å²) in [5.74, 6) is -0.00474. The van der Waals surface area contributed by atoms with Gasteiger partial charge in [0.05, 0.1) is 17.8 Å². The lowest BCUT2D eigenvalue weighted by Crippen LogP contribution is -2.49. The standard InChI is InChI=1S/C20H20N2O2/c1-14-6-2-3-7-15(14)12-19(23)21-13-20(24)22(16-10-11-16)18-9-5-4-8-17(18)21/h2-9,16H,10-13H2,1H3. The Morgan fingerprint density at radius 2 is 1.71 bits per heavy atom. The summed E-state index contributed by atoms with van der Waals surface area (Å²) in [5.41, 5.74) is 3.83. The molecule has 0 N–H and O–H groups in total. The predicted octanol–water partition coefficient (Wildman–Crippen LogP) is 3.08. The minimum atomic E-state index is -0.0273. The molecule has 1 fully saturated rings. The van der Waals surface area contributed by atoms with Crippen molar-refractivity contribution in [2.75, 3.05) is 16.3 Å². The highest BCUT2D eigenvalue weighted by molar-refractivity contribution is 6.11. The first-order valence-corrected chi connectivity index (χ1v) is 8.41. The maximum atomic E-state index is 12.9. The number of carbonyl (C=O) groups excluding carboxylic acids is 2. The molecule has 1 heterocycles. The van der Waals surface area contributed by atoms with E-state index in [-0.39, 0.29) is 18.4 Å². The number of fused-ring (bicyclic) bond motifs is 1. The van der Waals surface area contributed by atoms with Crippen molar-refractivity contribution in [3.63, 3.8) is 0 Å². The Morgan fingerprint density at radius 1 is 1.04 bits per heavy atom. The van der Waals surface area contributed by atoms with Gasteiger partial charge in [0.25, 0.3) is 0 Å². The van der Waals surface area contributed by atoms with Crippen LogP contribution in [-0.2, 0) is 16.0 Å². The molecule has 2 amide bonds. The zero-order valence-corrected chi connectivity index (χ0v) is 13.7. The molecule has 122 valence electrons. The zero-order valence-electron chi connectivity index (χ0n) is 13.7. The molecule has 0 saturated heterocycles. The molecule has 0 spiro atoms. The van der Waals surface area contributed by atoms with Crippen LogP contribution < -0.4 is 9.80 Å². The number of amides is 2. The van der Waals surface area contributed by atoms with E-state index < -0.39 is 0 Å². The van der Waals surface area contributed by atoms with Gasteiger partial charge in [-0.05, 0) is 43.0 Å². The zero-order chi connectivity index (χ0) is 16.7. The lowest BCUT2D eigenvalue weighted by molar-refractivity contribution is -0.122. The van der Waals surface area contributed by atoms with E-state index in [1.54, 1.807) is 4.90 Å². The number of anilines is 2. The van der Waals surface area contributed by atoms with Gasteiger partial charge in [-0.15, -0.1) is 0 Å². The lowest BCUT2D eigenvalue weighted by atomic mass is 10.0. The first kappa shape index (κ1) is 14.9. The number of hydrogen-bond donors (Lipinski definition) is 0. The summed E-state index contributed by atoms with van der Waals surface area (Å²) in [5, 5.41) is 0. The van der Waals surface area contributed by atoms with Crippen LogP contribution in [-0.4, -0.2) is 24.4 Å². The van der Waals surface area contributed by atoms with E-state index in [1.807, 2.05) is 60.4 Å². The van der Waals surface area contributed by atoms with Crippen molar-refractivity contribution >= 4 is 23.2 Å². The van der Waals surface area contributed by atoms with E-state index >= 15 is 0 Å². The number of hydrogen-bond acceptors (Lipinski definition) is 2. The third-order valence-corrected chi connectivity index (χ3v) is 4.81. The van der Waals surface area contributed by atoms with Crippen molar-refractivity contribution in [3.8, 4) is 0 Å². The third kappa shape index (κ3) is 2.58. The summed E-state index contributed by atoms with van der Waals surface area (Å²) in [7, 11) is 0. The monoisotopic (exact) mass is 320 g/mol. The summed E-state index contributed by atoms with van der Waals surface area (Å²) in [6.07, 6.45) is 2.42. The summed E-state index contributed by atoms with van der Waals surface area (Å²) in [4.78, 5) is 29.0. The van der Waals surface area contributed by atoms with E-state index in [2.05, 4.69) is 0 Å². The van der Waals surface area contributed by atoms with Gasteiger partial charge < -0.3 is 9.80 Å². The number of para-hydroxylation sites is 2. The summed E-state index contributed by atoms with van der Waals surface area (Å²) in [6.45, 7) is 2.14. The fourth-order valence-corrected chi connectivity index (χ4v) is 3.35. The molecule has 2 aromatic rings. The summed E-state index contributed by atoms with van der Waals surface area (Å²) in [6, 6.07) is 15.9. The van der Waals surface area contributed by atoms with Crippen LogP contribution in [0.4, 0.5) is 11.4 Å². The van der Waals surface area contributed by atoms with E-state index in [0.717, 1.165) is 35.3 Å². The van der Waals surface area contributed by atoms with Crippen molar-refractivity contribution in [3.05, 3.63) is 59.7 Å². The maximum absolute atomic E-state index is 12.9. The van der Waals surface area contributed by atoms with Crippen LogP contribution in [0, 0.1) is 6.92 Å². The molecule has 4 heteroatoms. The minimum Gasteiger partial charge on any atom is -0.306 e. The Balaban J connectivity index is 1.65. The molecule has 0 aromatic heterocycles. The SMILES string of the molecule is Cc1ccccc1CC(=O)N1CC(=O)N(C2CC2)c2ccccc21. The van der Waals surface area contributed by atoms with Crippen LogP contribution in [0.1, 0.15) is 24.0 Å². The Kier molecular flexibility index (Phi) is 3.60. The van der Waals surface area contributed by atoms with Crippen LogP contribution in [0.5, 0.6) is 0 Å². The van der Waals surface area contributed by atoms with Crippen LogP contribution in [0.2, 0.25) is 0 Å². The summed E-state index contributed by atoms with van der Waals surface area (Å²) >= 11 is 0. The van der Waals surface area contributed by atoms with Gasteiger partial charge in [-0.25, -0.2) is 0 Å². The maximum Gasteiger partial charge on any atom is 0.247 e. The van der Waals surface area contributed by atoms with Crippen LogP contribution in [0.3, 0.4) is 0 Å². The summed E-state index contributed by atoms with van der Waals surface area (Å²) < 4.78 is 0. The second-order valence-electron chi connectivity index (χ2n) is 6.57. The van der Waals surface area contributed by atoms with E-state index in [9.17, 15) is 9.59 Å². The minimum absolute atomic E-state index is 0.0225. The van der Waals surface area contributed by atoms with E-state index in [1.165, 1.54) is 0 Å². The first-order valence-electron chi connectivity index (χ1n) is 8.41. The van der Waals surface area contributed by atoms with Crippen molar-refractivity contribution in [1.29, 1.82) is 0 Å². The van der Waals surface area contributed by atoms with Crippen molar-refractivity contribution in [2.45, 2.75) is 32.2 Å². The molecule has 1 aliphatic carbocycles. The topological polar surface area (TPSA) is 40.6 Å². The second kappa shape index (κ2) is 5.78. The Hall–Kier alpha value is -2.62. The molecule has 2 aliphatic rings. The normalized spacial score (nSPS) is 17.0. The van der Waals surface area contributed by atoms with Crippen LogP contribution >= 0.6 is 0 Å². The predicted molar refractivity (Wildman–Crippen MR) is 94.2 cm³/mol. The van der Waals surface area contributed by atoms with Crippen LogP contribution in [0.15, 0.2) is 48.5 Å². The highest BCUT2D eigenvalue weighted by Crippen LogP contribution is 2.40. The van der Waals surface area contributed by atoms with Gasteiger partial charge in [0, 0.05) is 6.04 Å². The second-order valence-corrected chi connectivity index (χ2v) is 6.57. The Morgan fingerprint density at radius 3 is 2.42 bits per heavy atom. The molecule has 1 aliphatic heterocycles. The number of carbonyl (C=O) groups is 2. The van der Waals surface area contributed by atoms with Gasteiger partial charge >= 0.3 is 0 Å². The molecule has 0 bridgehead atoms. The first-order chi connectivity index (χ1) is 11.6. The number of nitrogens with zero attached hydrogens (tertiary/aromatic N) is 2. The average Bonchev–Trinajstić information content (AvgIpc) is 3.41. The molecule has 4 nitrogen and oxygen atoms in total. The van der Waals surface area contributed by atoms with Gasteiger partial charge in [0.2, 0.25) is 11.8 Å². The highest BCUT2D eigenvalue weighted by atomic mass is 16.2. The molecule has 2 aromatic carbocycles. The molecular weight excluding hydrogens is 300 g/mol. The van der Waals surface area contributed by atoms with Crippen molar-refractivity contribution in [2.24, 2.45) is 0 Å². The third-order valence-electron chi connectivity index (χ3n) is 4.81. The fourth-order valence-electron chi connectivity index (χ4n) is 3.35. The lowest BCUT2D eigenvalue weighted by Gasteiger charge is -2.36. The smallest absolute Gasteiger partial charge is 0.247 e. The molecule has 0 unspecified atom stereocenters. The van der Waals surface area contributed by atoms with Crippen molar-refractivity contribution < 1.29 is 9.59 Å². The van der Waals surface area contributed by atoms with Crippen LogP contribution in [0.25, 0.3) is 0 Å². The highest BCUT2D eigenvalue weighted by Gasteiger charge is 2.40. The molecule has 0 radical (unpaired) electrons. The molecular formula is C20H20N2O2.